The molecule has 0 saturated heterocycles. The average Bonchev–Trinajstić information content (AvgIpc) is 2.28. The molecule has 2 unspecified atom stereocenters. The third-order valence-corrected chi connectivity index (χ3v) is 3.27. The zero-order chi connectivity index (χ0) is 13.7. The van der Waals surface area contributed by atoms with E-state index < -0.39 is 6.10 Å². The lowest BCUT2D eigenvalue weighted by atomic mass is 9.88. The fourth-order valence-electron chi connectivity index (χ4n) is 2.58. The van der Waals surface area contributed by atoms with Crippen LogP contribution in [0, 0.1) is 13.8 Å². The van der Waals surface area contributed by atoms with E-state index in [2.05, 4.69) is 32.9 Å². The Bertz CT molecular complexity index is 367. The van der Waals surface area contributed by atoms with Gasteiger partial charge in [0.05, 0.1) is 12.7 Å². The maximum atomic E-state index is 9.66. The number of aliphatic hydroxyl groups is 1. The van der Waals surface area contributed by atoms with E-state index in [4.69, 9.17) is 10.5 Å². The Hall–Kier alpha value is -1.06. The predicted molar refractivity (Wildman–Crippen MR) is 75.2 cm³/mol. The molecule has 0 radical (unpaired) electrons. The Kier molecular flexibility index (Phi) is 5.63. The van der Waals surface area contributed by atoms with Gasteiger partial charge in [0.1, 0.15) is 5.75 Å². The molecule has 18 heavy (non-hydrogen) atoms. The van der Waals surface area contributed by atoms with Crippen molar-refractivity contribution in [3.8, 4) is 5.75 Å². The monoisotopic (exact) mass is 251 g/mol. The third-order valence-electron chi connectivity index (χ3n) is 3.27. The fourth-order valence-corrected chi connectivity index (χ4v) is 2.58. The standard InChI is InChI=1S/C15H25NO2/c1-5-18-14-7-11(3)15(12(4)8-14)10(2)6-13(17)9-16/h7-8,10,13,17H,5-6,9,16H2,1-4H3. The van der Waals surface area contributed by atoms with Gasteiger partial charge < -0.3 is 15.6 Å². The smallest absolute Gasteiger partial charge is 0.119 e. The van der Waals surface area contributed by atoms with Crippen LogP contribution in [0.25, 0.3) is 0 Å². The van der Waals surface area contributed by atoms with Crippen molar-refractivity contribution in [1.29, 1.82) is 0 Å². The van der Waals surface area contributed by atoms with Gasteiger partial charge in [0.15, 0.2) is 0 Å². The number of benzene rings is 1. The summed E-state index contributed by atoms with van der Waals surface area (Å²) >= 11 is 0. The van der Waals surface area contributed by atoms with Crippen LogP contribution in [0.1, 0.15) is 42.9 Å². The highest BCUT2D eigenvalue weighted by molar-refractivity contribution is 5.43. The molecule has 0 saturated carbocycles. The first-order valence-electron chi connectivity index (χ1n) is 6.61. The Labute approximate surface area is 110 Å². The van der Waals surface area contributed by atoms with Crippen LogP contribution in [0.4, 0.5) is 0 Å². The maximum Gasteiger partial charge on any atom is 0.119 e. The van der Waals surface area contributed by atoms with Crippen LogP contribution in [-0.2, 0) is 0 Å². The number of hydrogen-bond acceptors (Lipinski definition) is 3. The molecule has 3 heteroatoms. The van der Waals surface area contributed by atoms with Crippen LogP contribution in [0.2, 0.25) is 0 Å². The van der Waals surface area contributed by atoms with E-state index in [0.29, 0.717) is 25.5 Å². The van der Waals surface area contributed by atoms with Gasteiger partial charge in [-0.05, 0) is 61.9 Å². The number of nitrogens with two attached hydrogens (primary N) is 1. The highest BCUT2D eigenvalue weighted by Gasteiger charge is 2.16. The molecule has 3 N–H and O–H groups in total. The molecule has 1 aromatic rings. The number of aryl methyl sites for hydroxylation is 2. The zero-order valence-electron chi connectivity index (χ0n) is 11.9. The van der Waals surface area contributed by atoms with Crippen molar-refractivity contribution in [2.75, 3.05) is 13.2 Å². The van der Waals surface area contributed by atoms with E-state index >= 15 is 0 Å². The summed E-state index contributed by atoms with van der Waals surface area (Å²) in [4.78, 5) is 0. The van der Waals surface area contributed by atoms with E-state index in [1.54, 1.807) is 0 Å². The molecule has 0 heterocycles. The quantitative estimate of drug-likeness (QED) is 0.817. The summed E-state index contributed by atoms with van der Waals surface area (Å²) in [5.74, 6) is 1.22. The Morgan fingerprint density at radius 2 is 1.83 bits per heavy atom. The van der Waals surface area contributed by atoms with Gasteiger partial charge in [-0.25, -0.2) is 0 Å². The van der Waals surface area contributed by atoms with E-state index in [1.165, 1.54) is 16.7 Å². The summed E-state index contributed by atoms with van der Waals surface area (Å²) in [5, 5.41) is 9.66. The molecule has 0 aromatic heterocycles. The van der Waals surface area contributed by atoms with Crippen LogP contribution in [0.3, 0.4) is 0 Å². The largest absolute Gasteiger partial charge is 0.494 e. The van der Waals surface area contributed by atoms with Gasteiger partial charge in [0, 0.05) is 6.54 Å². The first-order valence-corrected chi connectivity index (χ1v) is 6.61. The topological polar surface area (TPSA) is 55.5 Å². The van der Waals surface area contributed by atoms with Gasteiger partial charge in [0.25, 0.3) is 0 Å². The highest BCUT2D eigenvalue weighted by Crippen LogP contribution is 2.30. The molecule has 0 spiro atoms. The molecule has 102 valence electrons. The molecule has 1 aromatic carbocycles. The van der Waals surface area contributed by atoms with Crippen LogP contribution >= 0.6 is 0 Å². The summed E-state index contributed by atoms with van der Waals surface area (Å²) in [6.07, 6.45) is 0.275. The van der Waals surface area contributed by atoms with Crippen molar-refractivity contribution in [2.24, 2.45) is 5.73 Å². The van der Waals surface area contributed by atoms with Crippen molar-refractivity contribution in [3.63, 3.8) is 0 Å². The molecule has 0 bridgehead atoms. The number of ether oxygens (including phenoxy) is 1. The Morgan fingerprint density at radius 3 is 2.28 bits per heavy atom. The summed E-state index contributed by atoms with van der Waals surface area (Å²) < 4.78 is 5.54. The molecule has 2 atom stereocenters. The third kappa shape index (κ3) is 3.72. The Balaban J connectivity index is 2.95. The normalized spacial score (nSPS) is 14.3. The predicted octanol–water partition coefficient (Wildman–Crippen LogP) is 2.52. The van der Waals surface area contributed by atoms with Crippen molar-refractivity contribution in [1.82, 2.24) is 0 Å². The van der Waals surface area contributed by atoms with E-state index in [-0.39, 0.29) is 0 Å². The van der Waals surface area contributed by atoms with Crippen molar-refractivity contribution in [3.05, 3.63) is 28.8 Å². The van der Waals surface area contributed by atoms with E-state index in [1.807, 2.05) is 6.92 Å². The minimum atomic E-state index is -0.426. The molecule has 0 fully saturated rings. The zero-order valence-corrected chi connectivity index (χ0v) is 11.9. The summed E-state index contributed by atoms with van der Waals surface area (Å²) in [5.41, 5.74) is 9.20. The fraction of sp³-hybridized carbons (Fsp3) is 0.600. The van der Waals surface area contributed by atoms with Crippen LogP contribution < -0.4 is 10.5 Å². The van der Waals surface area contributed by atoms with Crippen LogP contribution in [0.5, 0.6) is 5.75 Å². The molecular weight excluding hydrogens is 226 g/mol. The van der Waals surface area contributed by atoms with Gasteiger partial charge >= 0.3 is 0 Å². The van der Waals surface area contributed by atoms with Crippen LogP contribution in [0.15, 0.2) is 12.1 Å². The second-order valence-corrected chi connectivity index (χ2v) is 4.93. The second kappa shape index (κ2) is 6.76. The SMILES string of the molecule is CCOc1cc(C)c(C(C)CC(O)CN)c(C)c1. The average molecular weight is 251 g/mol. The minimum Gasteiger partial charge on any atom is -0.494 e. The lowest BCUT2D eigenvalue weighted by Gasteiger charge is -2.21. The van der Waals surface area contributed by atoms with Gasteiger partial charge in [-0.15, -0.1) is 0 Å². The number of rotatable bonds is 6. The van der Waals surface area contributed by atoms with Crippen molar-refractivity contribution in [2.45, 2.75) is 46.1 Å². The first-order chi connectivity index (χ1) is 8.49. The molecular formula is C15H25NO2. The molecule has 0 aliphatic heterocycles. The summed E-state index contributed by atoms with van der Waals surface area (Å²) in [6, 6.07) is 4.13. The number of hydrogen-bond donors (Lipinski definition) is 2. The van der Waals surface area contributed by atoms with Gasteiger partial charge in [-0.3, -0.25) is 0 Å². The first kappa shape index (κ1) is 15.0. The highest BCUT2D eigenvalue weighted by atomic mass is 16.5. The van der Waals surface area contributed by atoms with Crippen molar-refractivity contribution < 1.29 is 9.84 Å². The lowest BCUT2D eigenvalue weighted by Crippen LogP contribution is -2.22. The Morgan fingerprint density at radius 1 is 1.28 bits per heavy atom. The summed E-state index contributed by atoms with van der Waals surface area (Å²) in [7, 11) is 0. The van der Waals surface area contributed by atoms with E-state index in [9.17, 15) is 5.11 Å². The molecule has 0 aliphatic rings. The van der Waals surface area contributed by atoms with E-state index in [0.717, 1.165) is 5.75 Å². The molecule has 0 amide bonds. The molecule has 1 rings (SSSR count). The number of aliphatic hydroxyl groups excluding tert-OH is 1. The molecule has 3 nitrogen and oxygen atoms in total. The maximum absolute atomic E-state index is 9.66. The van der Waals surface area contributed by atoms with Gasteiger partial charge in [-0.2, -0.15) is 0 Å². The minimum absolute atomic E-state index is 0.305. The van der Waals surface area contributed by atoms with Gasteiger partial charge in [-0.1, -0.05) is 6.92 Å². The van der Waals surface area contributed by atoms with Crippen LogP contribution in [-0.4, -0.2) is 24.4 Å². The van der Waals surface area contributed by atoms with Gasteiger partial charge in [0.2, 0.25) is 0 Å². The summed E-state index contributed by atoms with van der Waals surface area (Å²) in [6.45, 7) is 9.30. The lowest BCUT2D eigenvalue weighted by molar-refractivity contribution is 0.165. The molecule has 0 aliphatic carbocycles. The second-order valence-electron chi connectivity index (χ2n) is 4.93. The van der Waals surface area contributed by atoms with Crippen molar-refractivity contribution >= 4 is 0 Å².